The standard InChI is InChI=1S/C14H15NO3/c1-17-13-5-2-6-14(10-13)18-9-8-15-7-3-4-12(15)11-16/h2-7,10-11H,8-9H2,1H3. The van der Waals surface area contributed by atoms with Gasteiger partial charge in [-0.25, -0.2) is 0 Å². The number of ether oxygens (including phenoxy) is 2. The van der Waals surface area contributed by atoms with Crippen LogP contribution in [0.2, 0.25) is 0 Å². The molecule has 0 atom stereocenters. The van der Waals surface area contributed by atoms with Gasteiger partial charge in [0.1, 0.15) is 18.1 Å². The fraction of sp³-hybridized carbons (Fsp3) is 0.214. The molecule has 0 saturated carbocycles. The fourth-order valence-electron chi connectivity index (χ4n) is 1.69. The van der Waals surface area contributed by atoms with E-state index in [2.05, 4.69) is 0 Å². The minimum Gasteiger partial charge on any atom is -0.497 e. The Morgan fingerprint density at radius 2 is 2.06 bits per heavy atom. The van der Waals surface area contributed by atoms with E-state index in [-0.39, 0.29) is 0 Å². The van der Waals surface area contributed by atoms with Crippen LogP contribution in [0, 0.1) is 0 Å². The number of aldehydes is 1. The molecule has 1 heterocycles. The average Bonchev–Trinajstić information content (AvgIpc) is 2.86. The number of carbonyl (C=O) groups is 1. The van der Waals surface area contributed by atoms with Crippen LogP contribution < -0.4 is 9.47 Å². The maximum Gasteiger partial charge on any atom is 0.166 e. The Morgan fingerprint density at radius 1 is 1.22 bits per heavy atom. The second kappa shape index (κ2) is 5.91. The van der Waals surface area contributed by atoms with Crippen LogP contribution in [0.5, 0.6) is 11.5 Å². The molecule has 0 aliphatic rings. The first-order chi connectivity index (χ1) is 8.83. The molecule has 0 fully saturated rings. The van der Waals surface area contributed by atoms with Crippen molar-refractivity contribution in [2.75, 3.05) is 13.7 Å². The summed E-state index contributed by atoms with van der Waals surface area (Å²) in [7, 11) is 1.62. The number of methoxy groups -OCH3 is 1. The van der Waals surface area contributed by atoms with Crippen LogP contribution in [0.4, 0.5) is 0 Å². The Balaban J connectivity index is 1.90. The maximum absolute atomic E-state index is 10.7. The van der Waals surface area contributed by atoms with Crippen molar-refractivity contribution in [2.24, 2.45) is 0 Å². The summed E-state index contributed by atoms with van der Waals surface area (Å²) in [4.78, 5) is 10.7. The molecule has 0 amide bonds. The highest BCUT2D eigenvalue weighted by Gasteiger charge is 2.00. The SMILES string of the molecule is COc1cccc(OCCn2cccc2C=O)c1. The van der Waals surface area contributed by atoms with Crippen molar-refractivity contribution < 1.29 is 14.3 Å². The van der Waals surface area contributed by atoms with E-state index >= 15 is 0 Å². The second-order valence-electron chi connectivity index (χ2n) is 3.77. The van der Waals surface area contributed by atoms with Gasteiger partial charge in [-0.3, -0.25) is 4.79 Å². The number of nitrogens with zero attached hydrogens (tertiary/aromatic N) is 1. The molecule has 94 valence electrons. The van der Waals surface area contributed by atoms with Crippen molar-refractivity contribution >= 4 is 6.29 Å². The normalized spacial score (nSPS) is 10.1. The molecule has 4 nitrogen and oxygen atoms in total. The zero-order valence-electron chi connectivity index (χ0n) is 10.2. The monoisotopic (exact) mass is 245 g/mol. The van der Waals surface area contributed by atoms with Gasteiger partial charge in [0.05, 0.1) is 19.3 Å². The molecule has 0 aliphatic heterocycles. The van der Waals surface area contributed by atoms with Gasteiger partial charge in [-0.15, -0.1) is 0 Å². The average molecular weight is 245 g/mol. The van der Waals surface area contributed by atoms with Crippen LogP contribution in [0.3, 0.4) is 0 Å². The summed E-state index contributed by atoms with van der Waals surface area (Å²) in [5.41, 5.74) is 0.657. The lowest BCUT2D eigenvalue weighted by molar-refractivity contribution is 0.111. The van der Waals surface area contributed by atoms with Crippen LogP contribution in [-0.4, -0.2) is 24.6 Å². The molecule has 0 saturated heterocycles. The van der Waals surface area contributed by atoms with Gasteiger partial charge in [-0.2, -0.15) is 0 Å². The quantitative estimate of drug-likeness (QED) is 0.734. The molecule has 0 spiro atoms. The lowest BCUT2D eigenvalue weighted by atomic mass is 10.3. The molecule has 0 bridgehead atoms. The summed E-state index contributed by atoms with van der Waals surface area (Å²) < 4.78 is 12.6. The Morgan fingerprint density at radius 3 is 2.83 bits per heavy atom. The highest BCUT2D eigenvalue weighted by molar-refractivity contribution is 5.72. The number of rotatable bonds is 6. The molecule has 0 aliphatic carbocycles. The highest BCUT2D eigenvalue weighted by Crippen LogP contribution is 2.18. The Kier molecular flexibility index (Phi) is 4.02. The van der Waals surface area contributed by atoms with E-state index in [0.29, 0.717) is 18.8 Å². The van der Waals surface area contributed by atoms with E-state index in [0.717, 1.165) is 17.8 Å². The molecule has 0 unspecified atom stereocenters. The third kappa shape index (κ3) is 2.91. The van der Waals surface area contributed by atoms with Crippen molar-refractivity contribution in [1.29, 1.82) is 0 Å². The molecule has 18 heavy (non-hydrogen) atoms. The van der Waals surface area contributed by atoms with E-state index < -0.39 is 0 Å². The van der Waals surface area contributed by atoms with Crippen molar-refractivity contribution in [3.05, 3.63) is 48.3 Å². The number of hydrogen-bond acceptors (Lipinski definition) is 3. The number of benzene rings is 1. The summed E-state index contributed by atoms with van der Waals surface area (Å²) in [6.45, 7) is 1.14. The number of hydrogen-bond donors (Lipinski definition) is 0. The zero-order valence-corrected chi connectivity index (χ0v) is 10.2. The fourth-order valence-corrected chi connectivity index (χ4v) is 1.69. The zero-order chi connectivity index (χ0) is 12.8. The number of carbonyl (C=O) groups excluding carboxylic acids is 1. The summed E-state index contributed by atoms with van der Waals surface area (Å²) in [6, 6.07) is 11.1. The molecule has 4 heteroatoms. The molecule has 1 aromatic heterocycles. The molecule has 0 N–H and O–H groups in total. The maximum atomic E-state index is 10.7. The molecule has 2 aromatic rings. The van der Waals surface area contributed by atoms with Crippen molar-refractivity contribution in [1.82, 2.24) is 4.57 Å². The first kappa shape index (κ1) is 12.2. The summed E-state index contributed by atoms with van der Waals surface area (Å²) in [5, 5.41) is 0. The van der Waals surface area contributed by atoms with E-state index in [1.54, 1.807) is 13.2 Å². The van der Waals surface area contributed by atoms with Gasteiger partial charge in [-0.05, 0) is 24.3 Å². The molecular formula is C14H15NO3. The smallest absolute Gasteiger partial charge is 0.166 e. The minimum atomic E-state index is 0.503. The van der Waals surface area contributed by atoms with Crippen LogP contribution in [-0.2, 0) is 6.54 Å². The third-order valence-corrected chi connectivity index (χ3v) is 2.63. The summed E-state index contributed by atoms with van der Waals surface area (Å²) >= 11 is 0. The van der Waals surface area contributed by atoms with Gasteiger partial charge < -0.3 is 14.0 Å². The summed E-state index contributed by atoms with van der Waals surface area (Å²) in [5.74, 6) is 1.52. The minimum absolute atomic E-state index is 0.503. The van der Waals surface area contributed by atoms with Gasteiger partial charge in [0, 0.05) is 12.3 Å². The Bertz CT molecular complexity index is 519. The van der Waals surface area contributed by atoms with E-state index in [1.165, 1.54) is 0 Å². The topological polar surface area (TPSA) is 40.5 Å². The first-order valence-electron chi connectivity index (χ1n) is 5.70. The van der Waals surface area contributed by atoms with Gasteiger partial charge in [0.2, 0.25) is 0 Å². The largest absolute Gasteiger partial charge is 0.497 e. The predicted molar refractivity (Wildman–Crippen MR) is 68.3 cm³/mol. The van der Waals surface area contributed by atoms with E-state index in [9.17, 15) is 4.79 Å². The molecule has 2 rings (SSSR count). The third-order valence-electron chi connectivity index (χ3n) is 2.63. The van der Waals surface area contributed by atoms with Gasteiger partial charge >= 0.3 is 0 Å². The van der Waals surface area contributed by atoms with Crippen molar-refractivity contribution in [3.63, 3.8) is 0 Å². The van der Waals surface area contributed by atoms with Crippen LogP contribution in [0.15, 0.2) is 42.6 Å². The molecule has 1 aromatic carbocycles. The van der Waals surface area contributed by atoms with Crippen LogP contribution in [0.1, 0.15) is 10.5 Å². The predicted octanol–water partition coefficient (Wildman–Crippen LogP) is 2.39. The lowest BCUT2D eigenvalue weighted by Gasteiger charge is -2.09. The van der Waals surface area contributed by atoms with Crippen molar-refractivity contribution in [2.45, 2.75) is 6.54 Å². The lowest BCUT2D eigenvalue weighted by Crippen LogP contribution is -2.09. The summed E-state index contributed by atoms with van der Waals surface area (Å²) in [6.07, 6.45) is 2.70. The van der Waals surface area contributed by atoms with Gasteiger partial charge in [0.15, 0.2) is 6.29 Å². The molecule has 0 radical (unpaired) electrons. The van der Waals surface area contributed by atoms with Gasteiger partial charge in [-0.1, -0.05) is 6.07 Å². The Labute approximate surface area is 106 Å². The number of aromatic nitrogens is 1. The van der Waals surface area contributed by atoms with E-state index in [4.69, 9.17) is 9.47 Å². The van der Waals surface area contributed by atoms with Gasteiger partial charge in [0.25, 0.3) is 0 Å². The molecular weight excluding hydrogens is 230 g/mol. The van der Waals surface area contributed by atoms with Crippen LogP contribution >= 0.6 is 0 Å². The highest BCUT2D eigenvalue weighted by atomic mass is 16.5. The van der Waals surface area contributed by atoms with E-state index in [1.807, 2.05) is 41.1 Å². The van der Waals surface area contributed by atoms with Crippen LogP contribution in [0.25, 0.3) is 0 Å². The second-order valence-corrected chi connectivity index (χ2v) is 3.77. The Hall–Kier alpha value is -2.23. The first-order valence-corrected chi connectivity index (χ1v) is 5.70. The van der Waals surface area contributed by atoms with Crippen molar-refractivity contribution in [3.8, 4) is 11.5 Å².